The fourth-order valence-electron chi connectivity index (χ4n) is 6.48. The number of hydrogen-bond acceptors (Lipinski definition) is 7. The molecule has 0 bridgehead atoms. The fraction of sp³-hybridized carbons (Fsp3) is 0.500. The van der Waals surface area contributed by atoms with Crippen LogP contribution in [0.3, 0.4) is 0 Å². The first-order valence-corrected chi connectivity index (χ1v) is 20.7. The van der Waals surface area contributed by atoms with Crippen molar-refractivity contribution in [3.63, 3.8) is 0 Å². The molecule has 3 N–H and O–H groups in total. The molecule has 11 heteroatoms. The van der Waals surface area contributed by atoms with Crippen LogP contribution in [0.15, 0.2) is 48.8 Å². The number of carbonyl (C=O) groups excluding carboxylic acids is 2. The smallest absolute Gasteiger partial charge is 0.223 e. The highest BCUT2D eigenvalue weighted by Gasteiger charge is 2.51. The minimum atomic E-state index is -0.0181. The van der Waals surface area contributed by atoms with Crippen LogP contribution in [0.2, 0.25) is 0 Å². The van der Waals surface area contributed by atoms with Crippen LogP contribution in [0.4, 0.5) is 0 Å². The molecule has 2 aromatic carbocycles. The van der Waals surface area contributed by atoms with Gasteiger partial charge in [0.15, 0.2) is 0 Å². The first-order chi connectivity index (χ1) is 24.7. The summed E-state index contributed by atoms with van der Waals surface area (Å²) in [5.41, 5.74) is 6.63. The lowest BCUT2D eigenvalue weighted by atomic mass is 9.83. The summed E-state index contributed by atoms with van der Waals surface area (Å²) in [6, 6.07) is 13.0. The van der Waals surface area contributed by atoms with Gasteiger partial charge < -0.3 is 24.9 Å². The molecule has 2 amide bonds. The Balaban J connectivity index is 1.03. The Kier molecular flexibility index (Phi) is 12.2. The van der Waals surface area contributed by atoms with E-state index < -0.39 is 0 Å². The molecule has 2 unspecified atom stereocenters. The summed E-state index contributed by atoms with van der Waals surface area (Å²) in [5, 5.41) is 3.01. The standard InChI is InChI=1S/C40H52N6O3S2/c1-6-26(3)18-38(47)43-24-50-16-12-36-41-22-32(44-36)28-9-11-34-31(20-28)40(14-15-40)30-10-8-29(21-35(30)49-34)33-23-42-37(45-33)13-17-51-25-46(5)39(48)19-27(4)7-2/h8-11,20-23,26-27H,6-7,12-19,24-25H2,1-5H3,(H,41,44)(H,42,45)(H,43,47). The number of ether oxygens (including phenoxy) is 1. The molecule has 1 aliphatic heterocycles. The normalized spacial score (nSPS) is 15.1. The lowest BCUT2D eigenvalue weighted by molar-refractivity contribution is -0.129. The number of aromatic amines is 2. The summed E-state index contributed by atoms with van der Waals surface area (Å²) < 4.78 is 6.56. The number of aromatic nitrogens is 4. The van der Waals surface area contributed by atoms with Crippen LogP contribution in [0.1, 0.15) is 89.0 Å². The van der Waals surface area contributed by atoms with Crippen molar-refractivity contribution in [1.82, 2.24) is 30.2 Å². The molecule has 1 spiro atoms. The van der Waals surface area contributed by atoms with Gasteiger partial charge in [0.05, 0.1) is 35.5 Å². The summed E-state index contributed by atoms with van der Waals surface area (Å²) >= 11 is 3.48. The number of fused-ring (bicyclic) bond motifs is 4. The van der Waals surface area contributed by atoms with Gasteiger partial charge in [0.1, 0.15) is 23.1 Å². The van der Waals surface area contributed by atoms with Crippen molar-refractivity contribution in [3.05, 3.63) is 71.6 Å². The maximum absolute atomic E-state index is 12.4. The highest BCUT2D eigenvalue weighted by atomic mass is 32.2. The molecule has 0 saturated heterocycles. The number of aryl methyl sites for hydroxylation is 2. The topological polar surface area (TPSA) is 116 Å². The summed E-state index contributed by atoms with van der Waals surface area (Å²) in [6.07, 6.45) is 10.9. The van der Waals surface area contributed by atoms with E-state index in [2.05, 4.69) is 89.3 Å². The maximum atomic E-state index is 12.4. The Bertz CT molecular complexity index is 1810. The molecular formula is C40H52N6O3S2. The minimum Gasteiger partial charge on any atom is -0.457 e. The highest BCUT2D eigenvalue weighted by Crippen LogP contribution is 2.62. The van der Waals surface area contributed by atoms with E-state index in [-0.39, 0.29) is 17.2 Å². The lowest BCUT2D eigenvalue weighted by Gasteiger charge is -2.29. The van der Waals surface area contributed by atoms with Gasteiger partial charge in [-0.15, -0.1) is 23.5 Å². The summed E-state index contributed by atoms with van der Waals surface area (Å²) in [7, 11) is 1.89. The van der Waals surface area contributed by atoms with Gasteiger partial charge in [0.25, 0.3) is 0 Å². The van der Waals surface area contributed by atoms with Crippen LogP contribution >= 0.6 is 23.5 Å². The van der Waals surface area contributed by atoms with Crippen molar-refractivity contribution < 1.29 is 14.3 Å². The van der Waals surface area contributed by atoms with Gasteiger partial charge >= 0.3 is 0 Å². The first-order valence-electron chi connectivity index (χ1n) is 18.4. The number of rotatable bonds is 18. The largest absolute Gasteiger partial charge is 0.457 e. The Morgan fingerprint density at radius 3 is 2.16 bits per heavy atom. The van der Waals surface area contributed by atoms with E-state index in [9.17, 15) is 9.59 Å². The zero-order valence-electron chi connectivity index (χ0n) is 30.6. The lowest BCUT2D eigenvalue weighted by Crippen LogP contribution is -2.27. The molecule has 272 valence electrons. The van der Waals surface area contributed by atoms with Gasteiger partial charge in [-0.2, -0.15) is 0 Å². The first kappa shape index (κ1) is 37.1. The molecule has 1 saturated carbocycles. The van der Waals surface area contributed by atoms with Crippen LogP contribution in [-0.2, 0) is 27.8 Å². The molecule has 2 atom stereocenters. The van der Waals surface area contributed by atoms with Crippen molar-refractivity contribution in [2.45, 2.75) is 84.5 Å². The van der Waals surface area contributed by atoms with E-state index in [4.69, 9.17) is 4.74 Å². The van der Waals surface area contributed by atoms with E-state index in [1.807, 2.05) is 24.3 Å². The Hall–Kier alpha value is -3.70. The molecule has 4 aromatic rings. The number of H-pyrrole nitrogens is 2. The summed E-state index contributed by atoms with van der Waals surface area (Å²) in [5.74, 6) is 8.02. The van der Waals surface area contributed by atoms with Crippen LogP contribution in [-0.4, -0.2) is 67.0 Å². The average molecular weight is 729 g/mol. The number of imidazole rings is 2. The second kappa shape index (κ2) is 16.8. The monoisotopic (exact) mass is 728 g/mol. The summed E-state index contributed by atoms with van der Waals surface area (Å²) in [4.78, 5) is 42.6. The van der Waals surface area contributed by atoms with Gasteiger partial charge in [0.2, 0.25) is 11.8 Å². The van der Waals surface area contributed by atoms with Crippen molar-refractivity contribution in [3.8, 4) is 34.0 Å². The third-order valence-electron chi connectivity index (χ3n) is 10.3. The molecule has 1 aliphatic carbocycles. The van der Waals surface area contributed by atoms with E-state index >= 15 is 0 Å². The minimum absolute atomic E-state index is 0.0181. The number of amides is 2. The van der Waals surface area contributed by atoms with Gasteiger partial charge in [-0.05, 0) is 48.9 Å². The Labute approximate surface area is 310 Å². The molecule has 1 fully saturated rings. The molecular weight excluding hydrogens is 677 g/mol. The molecule has 51 heavy (non-hydrogen) atoms. The van der Waals surface area contributed by atoms with Gasteiger partial charge in [-0.25, -0.2) is 9.97 Å². The molecule has 0 radical (unpaired) electrons. The zero-order valence-corrected chi connectivity index (χ0v) is 32.3. The third-order valence-corrected chi connectivity index (χ3v) is 12.2. The Morgan fingerprint density at radius 1 is 0.863 bits per heavy atom. The van der Waals surface area contributed by atoms with Crippen LogP contribution in [0, 0.1) is 11.8 Å². The molecule has 2 aromatic heterocycles. The van der Waals surface area contributed by atoms with Crippen LogP contribution in [0.5, 0.6) is 11.5 Å². The van der Waals surface area contributed by atoms with Crippen molar-refractivity contribution in [1.29, 1.82) is 0 Å². The van der Waals surface area contributed by atoms with Gasteiger partial charge in [0, 0.05) is 71.9 Å². The predicted octanol–water partition coefficient (Wildman–Crippen LogP) is 8.57. The van der Waals surface area contributed by atoms with Crippen molar-refractivity contribution >= 4 is 35.3 Å². The number of hydrogen-bond donors (Lipinski definition) is 3. The van der Waals surface area contributed by atoms with E-state index in [0.29, 0.717) is 36.4 Å². The highest BCUT2D eigenvalue weighted by molar-refractivity contribution is 7.99. The predicted molar refractivity (Wildman–Crippen MR) is 209 cm³/mol. The number of thioether (sulfide) groups is 2. The number of nitrogens with one attached hydrogen (secondary N) is 3. The molecule has 9 nitrogen and oxygen atoms in total. The SMILES string of the molecule is CCC(C)CC(=O)NCSCCc1ncc(-c2ccc3c(c2)C2(CC2)c2ccc(-c4cnc(CCSCN(C)C(=O)CC(C)CC)[nH]4)cc2O3)[nH]1. The molecule has 2 aliphatic rings. The number of benzene rings is 2. The Morgan fingerprint density at radius 2 is 1.49 bits per heavy atom. The maximum Gasteiger partial charge on any atom is 0.223 e. The summed E-state index contributed by atoms with van der Waals surface area (Å²) in [6.45, 7) is 8.48. The van der Waals surface area contributed by atoms with E-state index in [0.717, 1.165) is 95.7 Å². The molecule has 3 heterocycles. The average Bonchev–Trinajstić information content (AvgIpc) is 3.52. The molecule has 6 rings (SSSR count). The van der Waals surface area contributed by atoms with Gasteiger partial charge in [-0.1, -0.05) is 52.7 Å². The van der Waals surface area contributed by atoms with Crippen LogP contribution in [0.25, 0.3) is 22.5 Å². The third kappa shape index (κ3) is 9.03. The number of carbonyl (C=O) groups is 2. The van der Waals surface area contributed by atoms with Crippen molar-refractivity contribution in [2.75, 3.05) is 30.3 Å². The number of nitrogens with zero attached hydrogens (tertiary/aromatic N) is 3. The van der Waals surface area contributed by atoms with E-state index in [1.165, 1.54) is 11.1 Å². The zero-order chi connectivity index (χ0) is 36.0. The fourth-order valence-corrected chi connectivity index (χ4v) is 8.11. The second-order valence-electron chi connectivity index (χ2n) is 14.3. The van der Waals surface area contributed by atoms with Crippen LogP contribution < -0.4 is 10.1 Å². The quantitative estimate of drug-likeness (QED) is 0.0695. The van der Waals surface area contributed by atoms with E-state index in [1.54, 1.807) is 23.5 Å². The van der Waals surface area contributed by atoms with Gasteiger partial charge in [-0.3, -0.25) is 9.59 Å². The second-order valence-corrected chi connectivity index (χ2v) is 16.5. The van der Waals surface area contributed by atoms with Crippen molar-refractivity contribution in [2.24, 2.45) is 11.8 Å².